The smallest absolute Gasteiger partial charge is 0.306 e. The molecule has 3 unspecified atom stereocenters. The third-order valence-electron chi connectivity index (χ3n) is 12.9. The SMILES string of the molecule is CCCCC/C=C\C/C=C\CCCCCCCC(=O)OC[C@@H](O)COP(=O)([O-])OCC(O)COP(=O)([O-])OC[C@@H](COC(=O)CCCCCCC/C=C\C/C=C\CCCCC)OC(=O)CCCCCCC/C=C\C/C=C\CCCCC. The first-order valence-corrected chi connectivity index (χ1v) is 34.1. The molecule has 0 aliphatic carbocycles. The predicted molar refractivity (Wildman–Crippen MR) is 321 cm³/mol. The van der Waals surface area contributed by atoms with Gasteiger partial charge in [-0.2, -0.15) is 0 Å². The van der Waals surface area contributed by atoms with Gasteiger partial charge in [-0.1, -0.05) is 190 Å². The van der Waals surface area contributed by atoms with E-state index in [1.807, 2.05) is 0 Å². The fraction of sp³-hybridized carbons (Fsp3) is 0.762. The van der Waals surface area contributed by atoms with Gasteiger partial charge in [0.2, 0.25) is 0 Å². The molecule has 81 heavy (non-hydrogen) atoms. The Morgan fingerprint density at radius 2 is 0.630 bits per heavy atom. The van der Waals surface area contributed by atoms with Crippen LogP contribution in [0.25, 0.3) is 0 Å². The molecule has 0 aliphatic rings. The molecule has 18 heteroatoms. The fourth-order valence-electron chi connectivity index (χ4n) is 8.00. The summed E-state index contributed by atoms with van der Waals surface area (Å²) in [6.45, 7) is 2.12. The van der Waals surface area contributed by atoms with Crippen molar-refractivity contribution in [3.05, 3.63) is 72.9 Å². The van der Waals surface area contributed by atoms with Gasteiger partial charge >= 0.3 is 17.9 Å². The van der Waals surface area contributed by atoms with E-state index in [4.69, 9.17) is 23.3 Å². The van der Waals surface area contributed by atoms with Gasteiger partial charge < -0.3 is 52.3 Å². The molecule has 2 N–H and O–H groups in total. The zero-order valence-electron chi connectivity index (χ0n) is 50.4. The quantitative estimate of drug-likeness (QED) is 0.0189. The Morgan fingerprint density at radius 1 is 0.358 bits per heavy atom. The van der Waals surface area contributed by atoms with Gasteiger partial charge in [-0.15, -0.1) is 0 Å². The second-order valence-electron chi connectivity index (χ2n) is 20.8. The van der Waals surface area contributed by atoms with E-state index in [2.05, 4.69) is 103 Å². The Kier molecular flexibility index (Phi) is 55.3. The number of unbranched alkanes of at least 4 members (excludes halogenated alkanes) is 24. The van der Waals surface area contributed by atoms with Crippen molar-refractivity contribution in [3.8, 4) is 0 Å². The monoisotopic (exact) mass is 1180 g/mol. The molecule has 0 aromatic heterocycles. The minimum Gasteiger partial charge on any atom is -0.756 e. The second kappa shape index (κ2) is 57.4. The average molecular weight is 1190 g/mol. The van der Waals surface area contributed by atoms with Crippen LogP contribution in [0.2, 0.25) is 0 Å². The number of rotatable bonds is 59. The van der Waals surface area contributed by atoms with Gasteiger partial charge in [-0.05, 0) is 116 Å². The lowest BCUT2D eigenvalue weighted by molar-refractivity contribution is -0.233. The van der Waals surface area contributed by atoms with Gasteiger partial charge in [0.1, 0.15) is 25.4 Å². The number of esters is 3. The average Bonchev–Trinajstić information content (AvgIpc) is 3.45. The number of aliphatic hydroxyl groups excluding tert-OH is 2. The fourth-order valence-corrected chi connectivity index (χ4v) is 9.56. The molecule has 0 saturated carbocycles. The lowest BCUT2D eigenvalue weighted by Crippen LogP contribution is -2.31. The number of allylic oxidation sites excluding steroid dienone is 12. The van der Waals surface area contributed by atoms with E-state index in [0.29, 0.717) is 19.3 Å². The Bertz CT molecular complexity index is 1780. The van der Waals surface area contributed by atoms with Crippen molar-refractivity contribution in [2.24, 2.45) is 0 Å². The first-order chi connectivity index (χ1) is 39.2. The van der Waals surface area contributed by atoms with E-state index >= 15 is 0 Å². The number of phosphoric ester groups is 2. The maximum atomic E-state index is 12.9. The number of carbonyl (C=O) groups excluding carboxylic acids is 3. The number of phosphoric acid groups is 2. The third kappa shape index (κ3) is 58.6. The number of carbonyl (C=O) groups is 3. The molecule has 0 spiro atoms. The number of hydrogen-bond acceptors (Lipinski definition) is 16. The molecule has 0 aromatic carbocycles. The third-order valence-corrected chi connectivity index (χ3v) is 14.7. The van der Waals surface area contributed by atoms with Crippen molar-refractivity contribution in [1.82, 2.24) is 0 Å². The van der Waals surface area contributed by atoms with Crippen LogP contribution in [0, 0.1) is 0 Å². The molecule has 0 bridgehead atoms. The van der Waals surface area contributed by atoms with E-state index in [1.165, 1.54) is 57.8 Å². The van der Waals surface area contributed by atoms with E-state index in [1.54, 1.807) is 0 Å². The standard InChI is InChI=1S/C63H112O16P2/c1-4-7-10-13-16-19-22-25-28-31-34-37-40-43-46-49-61(66)73-52-58(64)53-75-80(69,70)76-54-59(65)55-77-81(71,72)78-57-60(79-63(68)51-48-45-42-39-36-33-30-27-24-21-18-15-12-9-6-3)56-74-62(67)50-47-44-41-38-35-32-29-26-23-20-17-14-11-8-5-2/h16-21,25-30,58-60,64-65H,4-15,22-24,31-57H2,1-3H3,(H,69,70)(H,71,72)/p-2/b19-16-,20-17-,21-18-,28-25-,29-26-,30-27-/t58-,59?,60-/m1/s1. The van der Waals surface area contributed by atoms with Crippen molar-refractivity contribution in [3.63, 3.8) is 0 Å². The second-order valence-corrected chi connectivity index (χ2v) is 23.6. The summed E-state index contributed by atoms with van der Waals surface area (Å²) in [5, 5.41) is 20.4. The van der Waals surface area contributed by atoms with Crippen LogP contribution in [0.3, 0.4) is 0 Å². The lowest BCUT2D eigenvalue weighted by Gasteiger charge is -2.27. The summed E-state index contributed by atoms with van der Waals surface area (Å²) in [6.07, 6.45) is 56.2. The summed E-state index contributed by atoms with van der Waals surface area (Å²) in [5.41, 5.74) is 0. The molecule has 470 valence electrons. The zero-order valence-corrected chi connectivity index (χ0v) is 52.2. The van der Waals surface area contributed by atoms with Crippen molar-refractivity contribution >= 4 is 33.6 Å². The molecular weight excluding hydrogens is 1070 g/mol. The van der Waals surface area contributed by atoms with Crippen LogP contribution < -0.4 is 9.79 Å². The minimum atomic E-state index is -5.19. The number of aliphatic hydroxyl groups is 2. The Balaban J connectivity index is 4.75. The summed E-state index contributed by atoms with van der Waals surface area (Å²) in [7, 11) is -10.3. The van der Waals surface area contributed by atoms with Crippen molar-refractivity contribution in [1.29, 1.82) is 0 Å². The Hall–Kier alpha value is -3.01. The van der Waals surface area contributed by atoms with E-state index < -0.39 is 91.5 Å². The van der Waals surface area contributed by atoms with Gasteiger partial charge in [-0.3, -0.25) is 23.5 Å². The number of hydrogen-bond donors (Lipinski definition) is 2. The highest BCUT2D eigenvalue weighted by Crippen LogP contribution is 2.40. The molecule has 0 aromatic rings. The normalized spacial score (nSPS) is 14.9. The summed E-state index contributed by atoms with van der Waals surface area (Å²) < 4.78 is 59.8. The van der Waals surface area contributed by atoms with Gasteiger partial charge in [-0.25, -0.2) is 0 Å². The highest BCUT2D eigenvalue weighted by atomic mass is 31.2. The largest absolute Gasteiger partial charge is 0.756 e. The predicted octanol–water partition coefficient (Wildman–Crippen LogP) is 15.2. The zero-order chi connectivity index (χ0) is 59.6. The summed E-state index contributed by atoms with van der Waals surface area (Å²) in [5.74, 6) is -1.69. The molecule has 16 nitrogen and oxygen atoms in total. The van der Waals surface area contributed by atoms with Crippen LogP contribution >= 0.6 is 15.6 Å². The maximum absolute atomic E-state index is 12.9. The highest BCUT2D eigenvalue weighted by Gasteiger charge is 2.23. The first-order valence-electron chi connectivity index (χ1n) is 31.2. The summed E-state index contributed by atoms with van der Waals surface area (Å²) in [6, 6.07) is 0. The van der Waals surface area contributed by atoms with E-state index in [0.717, 1.165) is 135 Å². The molecular formula is C63H110O16P2-2. The van der Waals surface area contributed by atoms with Crippen LogP contribution in [0.15, 0.2) is 72.9 Å². The van der Waals surface area contributed by atoms with E-state index in [9.17, 15) is 43.5 Å². The molecule has 0 amide bonds. The van der Waals surface area contributed by atoms with Crippen molar-refractivity contribution in [2.45, 2.75) is 270 Å². The molecule has 0 aliphatic heterocycles. The first kappa shape index (κ1) is 78.0. The van der Waals surface area contributed by atoms with Crippen LogP contribution in [-0.2, 0) is 55.8 Å². The van der Waals surface area contributed by atoms with Crippen LogP contribution in [0.4, 0.5) is 0 Å². The molecule has 0 radical (unpaired) electrons. The molecule has 0 rings (SSSR count). The Morgan fingerprint density at radius 3 is 0.975 bits per heavy atom. The number of ether oxygens (including phenoxy) is 3. The Labute approximate surface area is 490 Å². The van der Waals surface area contributed by atoms with Gasteiger partial charge in [0.05, 0.1) is 26.4 Å². The lowest BCUT2D eigenvalue weighted by atomic mass is 10.1. The van der Waals surface area contributed by atoms with Crippen molar-refractivity contribution in [2.75, 3.05) is 39.6 Å². The molecule has 0 heterocycles. The van der Waals surface area contributed by atoms with Crippen LogP contribution in [0.5, 0.6) is 0 Å². The summed E-state index contributed by atoms with van der Waals surface area (Å²) >= 11 is 0. The van der Waals surface area contributed by atoms with Gasteiger partial charge in [0.15, 0.2) is 6.10 Å². The topological polar surface area (TPSA) is 237 Å². The van der Waals surface area contributed by atoms with Crippen molar-refractivity contribution < 1.29 is 75.8 Å². The van der Waals surface area contributed by atoms with Gasteiger partial charge in [0.25, 0.3) is 15.6 Å². The molecule has 0 fully saturated rings. The minimum absolute atomic E-state index is 0.0650. The molecule has 5 atom stereocenters. The van der Waals surface area contributed by atoms with Gasteiger partial charge in [0, 0.05) is 19.3 Å². The van der Waals surface area contributed by atoms with Crippen LogP contribution in [-0.4, -0.2) is 86.1 Å². The summed E-state index contributed by atoms with van der Waals surface area (Å²) in [4.78, 5) is 62.6. The highest BCUT2D eigenvalue weighted by molar-refractivity contribution is 7.46. The maximum Gasteiger partial charge on any atom is 0.306 e. The van der Waals surface area contributed by atoms with Crippen LogP contribution in [0.1, 0.15) is 252 Å². The molecule has 0 saturated heterocycles. The van der Waals surface area contributed by atoms with E-state index in [-0.39, 0.29) is 19.3 Å².